The van der Waals surface area contributed by atoms with Gasteiger partial charge >= 0.3 is 29.6 Å². The zero-order valence-electron chi connectivity index (χ0n) is 27.7. The van der Waals surface area contributed by atoms with Gasteiger partial charge in [-0.2, -0.15) is 0 Å². The Morgan fingerprint density at radius 3 is 1.56 bits per heavy atom. The van der Waals surface area contributed by atoms with Crippen LogP contribution in [0.3, 0.4) is 0 Å². The van der Waals surface area contributed by atoms with E-state index in [0.717, 1.165) is 50.3 Å². The second kappa shape index (κ2) is 20.9. The Bertz CT molecular complexity index is 1560. The minimum absolute atomic E-state index is 0.104. The molecule has 0 saturated heterocycles. The average molecular weight is 707 g/mol. The number of nitrogens with zero attached hydrogens (tertiary/aromatic N) is 2. The summed E-state index contributed by atoms with van der Waals surface area (Å²) in [5.41, 5.74) is -3.42. The zero-order chi connectivity index (χ0) is 38.0. The lowest BCUT2D eigenvalue weighted by Crippen LogP contribution is -2.11. The van der Waals surface area contributed by atoms with E-state index in [-0.39, 0.29) is 40.7 Å². The van der Waals surface area contributed by atoms with Crippen molar-refractivity contribution >= 4 is 47.4 Å². The second-order valence-electron chi connectivity index (χ2n) is 10.1. The Kier molecular flexibility index (Phi) is 17.5. The summed E-state index contributed by atoms with van der Waals surface area (Å²) in [5, 5.41) is 58.4. The Morgan fingerprint density at radius 2 is 1.14 bits per heavy atom. The van der Waals surface area contributed by atoms with E-state index in [1.807, 2.05) is 13.8 Å². The van der Waals surface area contributed by atoms with E-state index >= 15 is 0 Å². The Morgan fingerprint density at radius 1 is 0.660 bits per heavy atom. The van der Waals surface area contributed by atoms with Crippen molar-refractivity contribution in [3.8, 4) is 23.0 Å². The number of carbonyl (C=O) groups is 4. The third kappa shape index (κ3) is 12.4. The van der Waals surface area contributed by atoms with Crippen molar-refractivity contribution in [2.24, 2.45) is 0 Å². The molecule has 18 nitrogen and oxygen atoms in total. The van der Waals surface area contributed by atoms with Crippen LogP contribution in [0.5, 0.6) is 23.0 Å². The summed E-state index contributed by atoms with van der Waals surface area (Å²) >= 11 is 0. The highest BCUT2D eigenvalue weighted by Crippen LogP contribution is 2.41. The Labute approximate surface area is 285 Å². The van der Waals surface area contributed by atoms with E-state index in [0.29, 0.717) is 13.0 Å². The summed E-state index contributed by atoms with van der Waals surface area (Å²) in [5.74, 6) is -6.60. The SMILES string of the molecule is CCCCCOc1c(OC)ccc(C=C(C(=O)O)C(=O)O)c1[N+](=O)[O-].CCCCCOc1cc(C=C(C(=O)O)C(=O)O)c([N+](=O)[O-])cc1OC. The van der Waals surface area contributed by atoms with Gasteiger partial charge < -0.3 is 39.4 Å². The van der Waals surface area contributed by atoms with Gasteiger partial charge in [-0.3, -0.25) is 20.2 Å². The number of rotatable bonds is 20. The van der Waals surface area contributed by atoms with Crippen LogP contribution < -0.4 is 18.9 Å². The highest BCUT2D eigenvalue weighted by atomic mass is 16.6. The zero-order valence-corrected chi connectivity index (χ0v) is 27.7. The molecule has 0 radical (unpaired) electrons. The minimum atomic E-state index is -1.71. The van der Waals surface area contributed by atoms with Gasteiger partial charge in [0, 0.05) is 0 Å². The topological polar surface area (TPSA) is 272 Å². The molecule has 2 aromatic rings. The van der Waals surface area contributed by atoms with Crippen LogP contribution in [-0.4, -0.2) is 81.6 Å². The molecule has 0 unspecified atom stereocenters. The predicted octanol–water partition coefficient (Wildman–Crippen LogP) is 5.45. The van der Waals surface area contributed by atoms with Crippen LogP contribution in [0.25, 0.3) is 12.2 Å². The number of unbranched alkanes of at least 4 members (excludes halogenated alkanes) is 4. The van der Waals surface area contributed by atoms with Crippen LogP contribution in [0.4, 0.5) is 11.4 Å². The third-order valence-corrected chi connectivity index (χ3v) is 6.56. The second-order valence-corrected chi connectivity index (χ2v) is 10.1. The number of benzene rings is 2. The van der Waals surface area contributed by atoms with Crippen LogP contribution in [-0.2, 0) is 19.2 Å². The molecule has 0 spiro atoms. The molecule has 0 aromatic heterocycles. The van der Waals surface area contributed by atoms with Crippen LogP contribution in [0.15, 0.2) is 35.4 Å². The number of nitro groups is 2. The first-order valence-corrected chi connectivity index (χ1v) is 15.0. The summed E-state index contributed by atoms with van der Waals surface area (Å²) < 4.78 is 21.1. The van der Waals surface area contributed by atoms with E-state index in [2.05, 4.69) is 0 Å². The molecule has 0 aliphatic heterocycles. The molecule has 0 fully saturated rings. The molecule has 2 aromatic carbocycles. The molecule has 18 heteroatoms. The number of hydrogen-bond acceptors (Lipinski definition) is 12. The summed E-state index contributed by atoms with van der Waals surface area (Å²) in [7, 11) is 2.63. The van der Waals surface area contributed by atoms with Crippen LogP contribution in [0.1, 0.15) is 63.5 Å². The normalized spacial score (nSPS) is 10.0. The maximum atomic E-state index is 11.5. The van der Waals surface area contributed by atoms with Crippen molar-refractivity contribution in [3.05, 3.63) is 66.8 Å². The number of aliphatic carboxylic acids is 4. The van der Waals surface area contributed by atoms with Gasteiger partial charge in [0.1, 0.15) is 11.1 Å². The average Bonchev–Trinajstić information content (AvgIpc) is 3.05. The molecular weight excluding hydrogens is 668 g/mol. The van der Waals surface area contributed by atoms with Gasteiger partial charge in [0.2, 0.25) is 5.75 Å². The molecule has 0 heterocycles. The summed E-state index contributed by atoms with van der Waals surface area (Å²) in [6.45, 7) is 4.57. The number of hydrogen-bond donors (Lipinski definition) is 4. The van der Waals surface area contributed by atoms with E-state index < -0.39 is 56.2 Å². The van der Waals surface area contributed by atoms with Crippen LogP contribution in [0, 0.1) is 20.2 Å². The quantitative estimate of drug-likeness (QED) is 0.0333. The first-order chi connectivity index (χ1) is 23.6. The number of methoxy groups -OCH3 is 2. The first-order valence-electron chi connectivity index (χ1n) is 15.0. The number of carboxylic acid groups (broad SMARTS) is 4. The minimum Gasteiger partial charge on any atom is -0.493 e. The van der Waals surface area contributed by atoms with Crippen molar-refractivity contribution in [1.29, 1.82) is 0 Å². The fourth-order valence-electron chi connectivity index (χ4n) is 4.09. The molecule has 0 bridgehead atoms. The largest absolute Gasteiger partial charge is 0.493 e. The van der Waals surface area contributed by atoms with E-state index in [9.17, 15) is 39.4 Å². The lowest BCUT2D eigenvalue weighted by atomic mass is 10.1. The van der Waals surface area contributed by atoms with Crippen molar-refractivity contribution in [2.75, 3.05) is 27.4 Å². The van der Waals surface area contributed by atoms with Gasteiger partial charge in [0.15, 0.2) is 17.2 Å². The molecule has 0 saturated carbocycles. The van der Waals surface area contributed by atoms with Gasteiger partial charge in [0.25, 0.3) is 5.69 Å². The van der Waals surface area contributed by atoms with Crippen molar-refractivity contribution in [2.45, 2.75) is 52.4 Å². The number of nitro benzene ring substituents is 2. The van der Waals surface area contributed by atoms with Gasteiger partial charge in [0.05, 0.1) is 54.5 Å². The van der Waals surface area contributed by atoms with Crippen LogP contribution in [0.2, 0.25) is 0 Å². The molecule has 50 heavy (non-hydrogen) atoms. The summed E-state index contributed by atoms with van der Waals surface area (Å²) in [4.78, 5) is 65.2. The van der Waals surface area contributed by atoms with E-state index in [1.54, 1.807) is 0 Å². The molecule has 0 amide bonds. The first kappa shape index (κ1) is 41.8. The van der Waals surface area contributed by atoms with Gasteiger partial charge in [-0.1, -0.05) is 39.5 Å². The van der Waals surface area contributed by atoms with E-state index in [4.69, 9.17) is 39.4 Å². The third-order valence-electron chi connectivity index (χ3n) is 6.56. The predicted molar refractivity (Wildman–Crippen MR) is 176 cm³/mol. The van der Waals surface area contributed by atoms with Crippen molar-refractivity contribution in [1.82, 2.24) is 0 Å². The fraction of sp³-hybridized carbons (Fsp3) is 0.375. The molecule has 0 aliphatic carbocycles. The molecule has 0 atom stereocenters. The summed E-state index contributed by atoms with van der Waals surface area (Å²) in [6, 6.07) is 4.84. The van der Waals surface area contributed by atoms with Crippen LogP contribution >= 0.6 is 0 Å². The number of carboxylic acids is 4. The molecular formula is C32H38N2O16. The Balaban J connectivity index is 0.000000500. The maximum absolute atomic E-state index is 11.5. The highest BCUT2D eigenvalue weighted by molar-refractivity contribution is 6.17. The van der Waals surface area contributed by atoms with Crippen molar-refractivity contribution < 1.29 is 68.4 Å². The van der Waals surface area contributed by atoms with Gasteiger partial charge in [-0.25, -0.2) is 19.2 Å². The Hall–Kier alpha value is -6.20. The lowest BCUT2D eigenvalue weighted by Gasteiger charge is -2.12. The highest BCUT2D eigenvalue weighted by Gasteiger charge is 2.27. The molecule has 4 N–H and O–H groups in total. The van der Waals surface area contributed by atoms with Crippen molar-refractivity contribution in [3.63, 3.8) is 0 Å². The molecule has 0 aliphatic rings. The summed E-state index contributed by atoms with van der Waals surface area (Å²) in [6.07, 6.45) is 6.61. The standard InChI is InChI=1S/2C16H19NO8/c1-3-4-5-8-25-14-12(24-2)7-6-10(13(14)17(22)23)9-11(15(18)19)16(20)21;1-3-4-5-6-25-14-8-10(7-11(15(18)19)16(20)21)12(17(22)23)9-13(14)24-2/h6-7,9H,3-5,8H2,1-2H3,(H,18,19)(H,20,21);7-9H,3-6H2,1-2H3,(H,18,19)(H,20,21). The lowest BCUT2D eigenvalue weighted by molar-refractivity contribution is -0.386. The molecule has 272 valence electrons. The number of ether oxygens (including phenoxy) is 4. The van der Waals surface area contributed by atoms with E-state index in [1.165, 1.54) is 32.4 Å². The molecule has 2 rings (SSSR count). The van der Waals surface area contributed by atoms with Gasteiger partial charge in [-0.15, -0.1) is 0 Å². The monoisotopic (exact) mass is 706 g/mol. The fourth-order valence-corrected chi connectivity index (χ4v) is 4.09. The maximum Gasteiger partial charge on any atom is 0.343 e. The van der Waals surface area contributed by atoms with Gasteiger partial charge in [-0.05, 0) is 43.2 Å². The smallest absolute Gasteiger partial charge is 0.343 e.